The molecule has 6 heteroatoms. The van der Waals surface area contributed by atoms with Crippen LogP contribution in [0.5, 0.6) is 0 Å². The molecule has 1 aromatic heterocycles. The molecule has 0 bridgehead atoms. The smallest absolute Gasteiger partial charge is 0.354 e. The van der Waals surface area contributed by atoms with Crippen molar-refractivity contribution in [1.29, 1.82) is 0 Å². The highest BCUT2D eigenvalue weighted by atomic mass is 31.2. The van der Waals surface area contributed by atoms with Gasteiger partial charge in [0.05, 0.1) is 19.5 Å². The lowest BCUT2D eigenvalue weighted by molar-refractivity contribution is 0.209. The van der Waals surface area contributed by atoms with Crippen molar-refractivity contribution >= 4 is 7.60 Å². The van der Waals surface area contributed by atoms with Gasteiger partial charge in [-0.25, -0.2) is 0 Å². The molecule has 1 atom stereocenters. The van der Waals surface area contributed by atoms with E-state index in [1.807, 2.05) is 0 Å². The average molecular weight is 233 g/mol. The molecule has 0 aliphatic heterocycles. The summed E-state index contributed by atoms with van der Waals surface area (Å²) in [6.07, 6.45) is 1.47. The maximum absolute atomic E-state index is 12.2. The molecule has 5 nitrogen and oxygen atoms in total. The molecule has 0 saturated carbocycles. The Morgan fingerprint density at radius 3 is 2.47 bits per heavy atom. The second kappa shape index (κ2) is 5.47. The van der Waals surface area contributed by atoms with E-state index < -0.39 is 13.4 Å². The predicted molar refractivity (Wildman–Crippen MR) is 56.5 cm³/mol. The molecule has 0 aliphatic rings. The molecule has 0 aliphatic carbocycles. The average Bonchev–Trinajstić information content (AvgIpc) is 2.70. The van der Waals surface area contributed by atoms with E-state index in [1.165, 1.54) is 6.26 Å². The van der Waals surface area contributed by atoms with Gasteiger partial charge in [0, 0.05) is 0 Å². The number of rotatable bonds is 6. The van der Waals surface area contributed by atoms with Crippen molar-refractivity contribution in [2.45, 2.75) is 19.6 Å². The van der Waals surface area contributed by atoms with Crippen molar-refractivity contribution in [1.82, 2.24) is 0 Å². The molecule has 0 radical (unpaired) electrons. The zero-order valence-corrected chi connectivity index (χ0v) is 9.78. The van der Waals surface area contributed by atoms with Crippen molar-refractivity contribution in [3.8, 4) is 0 Å². The van der Waals surface area contributed by atoms with E-state index in [4.69, 9.17) is 19.2 Å². The van der Waals surface area contributed by atoms with E-state index in [2.05, 4.69) is 0 Å². The van der Waals surface area contributed by atoms with Gasteiger partial charge in [0.25, 0.3) is 0 Å². The predicted octanol–water partition coefficient (Wildman–Crippen LogP) is 2.50. The maximum Gasteiger partial charge on any atom is 0.354 e. The van der Waals surface area contributed by atoms with E-state index in [0.29, 0.717) is 5.76 Å². The normalized spacial score (nSPS) is 14.1. The molecule has 0 aromatic carbocycles. The molecular formula is C9H16NO4P. The first-order valence-corrected chi connectivity index (χ1v) is 6.43. The Morgan fingerprint density at radius 1 is 1.47 bits per heavy atom. The van der Waals surface area contributed by atoms with E-state index in [9.17, 15) is 4.57 Å². The van der Waals surface area contributed by atoms with Crippen molar-refractivity contribution < 1.29 is 18.0 Å². The molecule has 0 saturated heterocycles. The Balaban J connectivity index is 2.84. The van der Waals surface area contributed by atoms with Crippen LogP contribution in [-0.4, -0.2) is 13.2 Å². The molecule has 15 heavy (non-hydrogen) atoms. The molecule has 0 fully saturated rings. The van der Waals surface area contributed by atoms with Gasteiger partial charge in [0.15, 0.2) is 5.78 Å². The van der Waals surface area contributed by atoms with Crippen LogP contribution in [-0.2, 0) is 13.6 Å². The SMILES string of the molecule is CCOP(=O)(OCC)[C@H](N)c1ccco1. The Bertz CT molecular complexity index is 315. The monoisotopic (exact) mass is 233 g/mol. The summed E-state index contributed by atoms with van der Waals surface area (Å²) in [5.74, 6) is -0.465. The first-order valence-electron chi connectivity index (χ1n) is 4.81. The third kappa shape index (κ3) is 2.92. The zero-order chi connectivity index (χ0) is 11.3. The topological polar surface area (TPSA) is 74.7 Å². The summed E-state index contributed by atoms with van der Waals surface area (Å²) in [7, 11) is -3.32. The van der Waals surface area contributed by atoms with E-state index in [-0.39, 0.29) is 13.2 Å². The quantitative estimate of drug-likeness (QED) is 0.764. The van der Waals surface area contributed by atoms with E-state index in [1.54, 1.807) is 26.0 Å². The maximum atomic E-state index is 12.2. The first-order chi connectivity index (χ1) is 7.14. The molecule has 1 heterocycles. The minimum atomic E-state index is -3.32. The van der Waals surface area contributed by atoms with Crippen LogP contribution < -0.4 is 5.73 Å². The van der Waals surface area contributed by atoms with Crippen molar-refractivity contribution in [3.05, 3.63) is 24.2 Å². The molecule has 1 rings (SSSR count). The molecule has 0 spiro atoms. The van der Waals surface area contributed by atoms with Crippen LogP contribution >= 0.6 is 7.60 Å². The lowest BCUT2D eigenvalue weighted by Crippen LogP contribution is -2.14. The van der Waals surface area contributed by atoms with Crippen LogP contribution in [0.15, 0.2) is 22.8 Å². The van der Waals surface area contributed by atoms with Gasteiger partial charge in [-0.05, 0) is 26.0 Å². The summed E-state index contributed by atoms with van der Waals surface area (Å²) >= 11 is 0. The summed E-state index contributed by atoms with van der Waals surface area (Å²) in [4.78, 5) is 0. The fourth-order valence-electron chi connectivity index (χ4n) is 1.17. The molecular weight excluding hydrogens is 217 g/mol. The van der Waals surface area contributed by atoms with E-state index in [0.717, 1.165) is 0 Å². The minimum Gasteiger partial charge on any atom is -0.467 e. The van der Waals surface area contributed by atoms with Gasteiger partial charge in [-0.1, -0.05) is 0 Å². The van der Waals surface area contributed by atoms with Gasteiger partial charge in [-0.2, -0.15) is 0 Å². The largest absolute Gasteiger partial charge is 0.467 e. The molecule has 1 aromatic rings. The fraction of sp³-hybridized carbons (Fsp3) is 0.556. The molecule has 0 amide bonds. The highest BCUT2D eigenvalue weighted by molar-refractivity contribution is 7.54. The number of furan rings is 1. The van der Waals surface area contributed by atoms with Crippen molar-refractivity contribution in [3.63, 3.8) is 0 Å². The number of nitrogens with two attached hydrogens (primary N) is 1. The summed E-state index contributed by atoms with van der Waals surface area (Å²) in [5, 5.41) is 0. The Labute approximate surface area is 89.1 Å². The third-order valence-electron chi connectivity index (χ3n) is 1.79. The highest BCUT2D eigenvalue weighted by Crippen LogP contribution is 2.58. The van der Waals surface area contributed by atoms with Crippen molar-refractivity contribution in [2.75, 3.05) is 13.2 Å². The summed E-state index contributed by atoms with van der Waals surface area (Å²) < 4.78 is 27.5. The minimum absolute atomic E-state index is 0.283. The Kier molecular flexibility index (Phi) is 4.54. The molecule has 2 N–H and O–H groups in total. The lowest BCUT2D eigenvalue weighted by Gasteiger charge is -2.21. The third-order valence-corrected chi connectivity index (χ3v) is 3.97. The Morgan fingerprint density at radius 2 is 2.07 bits per heavy atom. The van der Waals surface area contributed by atoms with Gasteiger partial charge in [-0.15, -0.1) is 0 Å². The van der Waals surface area contributed by atoms with Crippen LogP contribution in [0.3, 0.4) is 0 Å². The second-order valence-corrected chi connectivity index (χ2v) is 4.99. The summed E-state index contributed by atoms with van der Waals surface area (Å²) in [6.45, 7) is 4.04. The molecule has 0 unspecified atom stereocenters. The van der Waals surface area contributed by atoms with Crippen LogP contribution in [0.4, 0.5) is 0 Å². The zero-order valence-electron chi connectivity index (χ0n) is 8.88. The van der Waals surface area contributed by atoms with Gasteiger partial charge >= 0.3 is 7.60 Å². The van der Waals surface area contributed by atoms with E-state index >= 15 is 0 Å². The summed E-state index contributed by atoms with van der Waals surface area (Å²) in [5.41, 5.74) is 5.78. The van der Waals surface area contributed by atoms with Crippen molar-refractivity contribution in [2.24, 2.45) is 5.73 Å². The molecule has 86 valence electrons. The standard InChI is InChI=1S/C9H16NO4P/c1-3-13-15(11,14-4-2)9(10)8-6-5-7-12-8/h5-7,9H,3-4,10H2,1-2H3/t9-/m0/s1. The Hall–Kier alpha value is -0.610. The number of hydrogen-bond acceptors (Lipinski definition) is 5. The lowest BCUT2D eigenvalue weighted by atomic mass is 10.5. The summed E-state index contributed by atoms with van der Waals surface area (Å²) in [6, 6.07) is 3.33. The number of hydrogen-bond donors (Lipinski definition) is 1. The van der Waals surface area contributed by atoms with Gasteiger partial charge in [-0.3, -0.25) is 4.57 Å². The van der Waals surface area contributed by atoms with Crippen LogP contribution in [0.2, 0.25) is 0 Å². The van der Waals surface area contributed by atoms with Crippen LogP contribution in [0, 0.1) is 0 Å². The fourth-order valence-corrected chi connectivity index (χ4v) is 2.75. The highest BCUT2D eigenvalue weighted by Gasteiger charge is 2.35. The van der Waals surface area contributed by atoms with Crippen LogP contribution in [0.25, 0.3) is 0 Å². The van der Waals surface area contributed by atoms with Gasteiger partial charge in [0.2, 0.25) is 0 Å². The van der Waals surface area contributed by atoms with Crippen LogP contribution in [0.1, 0.15) is 25.4 Å². The van der Waals surface area contributed by atoms with Gasteiger partial charge < -0.3 is 19.2 Å². The first kappa shape index (κ1) is 12.5. The van der Waals surface area contributed by atoms with Gasteiger partial charge in [0.1, 0.15) is 5.76 Å². The second-order valence-electron chi connectivity index (χ2n) is 2.84.